The summed E-state index contributed by atoms with van der Waals surface area (Å²) in [6.45, 7) is 0. The Kier molecular flexibility index (Phi) is 2.83. The molecule has 2 rings (SSSR count). The van der Waals surface area contributed by atoms with Crippen molar-refractivity contribution in [2.75, 3.05) is 7.11 Å². The standard InChI is InChI=1S/C11H9ClN2O/c1-15-9-4-6-14-11(12)10(9)8-3-2-5-13-7-8/h2-7H,1H3. The van der Waals surface area contributed by atoms with Gasteiger partial charge in [-0.2, -0.15) is 0 Å². The van der Waals surface area contributed by atoms with Crippen LogP contribution in [0.4, 0.5) is 0 Å². The molecule has 0 N–H and O–H groups in total. The second-order valence-corrected chi connectivity index (χ2v) is 3.28. The Morgan fingerprint density at radius 3 is 2.80 bits per heavy atom. The van der Waals surface area contributed by atoms with Gasteiger partial charge >= 0.3 is 0 Å². The average Bonchev–Trinajstić information content (AvgIpc) is 2.29. The van der Waals surface area contributed by atoms with E-state index in [1.807, 2.05) is 12.1 Å². The van der Waals surface area contributed by atoms with E-state index in [0.717, 1.165) is 11.1 Å². The zero-order chi connectivity index (χ0) is 10.7. The molecule has 0 bridgehead atoms. The minimum atomic E-state index is 0.419. The maximum atomic E-state index is 6.02. The molecule has 3 nitrogen and oxygen atoms in total. The minimum Gasteiger partial charge on any atom is -0.496 e. The zero-order valence-corrected chi connectivity index (χ0v) is 8.90. The zero-order valence-electron chi connectivity index (χ0n) is 8.14. The monoisotopic (exact) mass is 220 g/mol. The molecule has 2 aromatic rings. The molecule has 2 heterocycles. The highest BCUT2D eigenvalue weighted by Gasteiger charge is 2.10. The van der Waals surface area contributed by atoms with Crippen molar-refractivity contribution in [2.24, 2.45) is 0 Å². The third kappa shape index (κ3) is 1.92. The number of halogens is 1. The van der Waals surface area contributed by atoms with Crippen molar-refractivity contribution in [1.82, 2.24) is 9.97 Å². The van der Waals surface area contributed by atoms with Gasteiger partial charge in [0.15, 0.2) is 0 Å². The van der Waals surface area contributed by atoms with Gasteiger partial charge in [0.05, 0.1) is 12.7 Å². The van der Waals surface area contributed by atoms with Crippen LogP contribution in [-0.4, -0.2) is 17.1 Å². The van der Waals surface area contributed by atoms with Crippen LogP contribution in [0, 0.1) is 0 Å². The molecule has 4 heteroatoms. The molecule has 2 aromatic heterocycles. The van der Waals surface area contributed by atoms with Gasteiger partial charge in [0, 0.05) is 24.2 Å². The lowest BCUT2D eigenvalue weighted by Gasteiger charge is -2.08. The summed E-state index contributed by atoms with van der Waals surface area (Å²) in [5.41, 5.74) is 1.67. The van der Waals surface area contributed by atoms with Crippen molar-refractivity contribution in [2.45, 2.75) is 0 Å². The predicted octanol–water partition coefficient (Wildman–Crippen LogP) is 2.81. The van der Waals surface area contributed by atoms with E-state index in [1.54, 1.807) is 31.8 Å². The smallest absolute Gasteiger partial charge is 0.140 e. The van der Waals surface area contributed by atoms with Crippen molar-refractivity contribution in [3.63, 3.8) is 0 Å². The highest BCUT2D eigenvalue weighted by Crippen LogP contribution is 2.33. The first-order valence-corrected chi connectivity index (χ1v) is 4.79. The van der Waals surface area contributed by atoms with Crippen molar-refractivity contribution < 1.29 is 4.74 Å². The third-order valence-electron chi connectivity index (χ3n) is 2.04. The molecule has 0 aliphatic heterocycles. The SMILES string of the molecule is COc1ccnc(Cl)c1-c1cccnc1. The summed E-state index contributed by atoms with van der Waals surface area (Å²) in [6, 6.07) is 5.53. The Morgan fingerprint density at radius 1 is 1.27 bits per heavy atom. The van der Waals surface area contributed by atoms with E-state index in [1.165, 1.54) is 0 Å². The Morgan fingerprint density at radius 2 is 2.13 bits per heavy atom. The highest BCUT2D eigenvalue weighted by atomic mass is 35.5. The van der Waals surface area contributed by atoms with Gasteiger partial charge in [-0.15, -0.1) is 0 Å². The topological polar surface area (TPSA) is 35.0 Å². The summed E-state index contributed by atoms with van der Waals surface area (Å²) < 4.78 is 5.23. The second-order valence-electron chi connectivity index (χ2n) is 2.92. The van der Waals surface area contributed by atoms with Crippen LogP contribution in [0.3, 0.4) is 0 Å². The van der Waals surface area contributed by atoms with Gasteiger partial charge in [0.25, 0.3) is 0 Å². The number of rotatable bonds is 2. The average molecular weight is 221 g/mol. The molecule has 76 valence electrons. The molecule has 0 aromatic carbocycles. The van der Waals surface area contributed by atoms with Crippen LogP contribution in [0.25, 0.3) is 11.1 Å². The van der Waals surface area contributed by atoms with Crippen LogP contribution >= 0.6 is 11.6 Å². The molecule has 0 radical (unpaired) electrons. The molecule has 0 saturated carbocycles. The van der Waals surface area contributed by atoms with Gasteiger partial charge in [-0.05, 0) is 12.1 Å². The first-order valence-electron chi connectivity index (χ1n) is 4.42. The van der Waals surface area contributed by atoms with Crippen molar-refractivity contribution in [3.8, 4) is 16.9 Å². The number of ether oxygens (including phenoxy) is 1. The Hall–Kier alpha value is -1.61. The van der Waals surface area contributed by atoms with Crippen LogP contribution in [0.2, 0.25) is 5.15 Å². The summed E-state index contributed by atoms with van der Waals surface area (Å²) in [5.74, 6) is 0.697. The quantitative estimate of drug-likeness (QED) is 0.730. The lowest BCUT2D eigenvalue weighted by atomic mass is 10.1. The van der Waals surface area contributed by atoms with E-state index in [-0.39, 0.29) is 0 Å². The number of aromatic nitrogens is 2. The highest BCUT2D eigenvalue weighted by molar-refractivity contribution is 6.32. The van der Waals surface area contributed by atoms with Crippen molar-refractivity contribution in [3.05, 3.63) is 41.9 Å². The van der Waals surface area contributed by atoms with Crippen molar-refractivity contribution in [1.29, 1.82) is 0 Å². The molecule has 15 heavy (non-hydrogen) atoms. The van der Waals surface area contributed by atoms with Crippen LogP contribution < -0.4 is 4.74 Å². The summed E-state index contributed by atoms with van der Waals surface area (Å²) in [5, 5.41) is 0.419. The molecule has 0 atom stereocenters. The second kappa shape index (κ2) is 4.28. The first kappa shape index (κ1) is 9.93. The van der Waals surface area contributed by atoms with Gasteiger partial charge in [-0.3, -0.25) is 4.98 Å². The predicted molar refractivity (Wildman–Crippen MR) is 59.0 cm³/mol. The fourth-order valence-electron chi connectivity index (χ4n) is 1.36. The van der Waals surface area contributed by atoms with Crippen LogP contribution in [0.15, 0.2) is 36.8 Å². The molecular weight excluding hydrogens is 212 g/mol. The van der Waals surface area contributed by atoms with Gasteiger partial charge in [-0.25, -0.2) is 4.98 Å². The van der Waals surface area contributed by atoms with E-state index in [4.69, 9.17) is 16.3 Å². The number of hydrogen-bond acceptors (Lipinski definition) is 3. The third-order valence-corrected chi connectivity index (χ3v) is 2.32. The lowest BCUT2D eigenvalue weighted by molar-refractivity contribution is 0.416. The number of pyridine rings is 2. The molecule has 0 fully saturated rings. The molecule has 0 aliphatic carbocycles. The van der Waals surface area contributed by atoms with Gasteiger partial charge < -0.3 is 4.74 Å². The molecule has 0 aliphatic rings. The van der Waals surface area contributed by atoms with E-state index < -0.39 is 0 Å². The molecular formula is C11H9ClN2O. The first-order chi connectivity index (χ1) is 7.33. The number of nitrogens with zero attached hydrogens (tertiary/aromatic N) is 2. The maximum absolute atomic E-state index is 6.02. The maximum Gasteiger partial charge on any atom is 0.140 e. The fraction of sp³-hybridized carbons (Fsp3) is 0.0909. The van der Waals surface area contributed by atoms with E-state index in [0.29, 0.717) is 10.9 Å². The molecule has 0 amide bonds. The Labute approximate surface area is 92.7 Å². The summed E-state index contributed by atoms with van der Waals surface area (Å²) in [4.78, 5) is 8.06. The van der Waals surface area contributed by atoms with E-state index in [2.05, 4.69) is 9.97 Å². The van der Waals surface area contributed by atoms with E-state index in [9.17, 15) is 0 Å². The largest absolute Gasteiger partial charge is 0.496 e. The van der Waals surface area contributed by atoms with Crippen LogP contribution in [-0.2, 0) is 0 Å². The summed E-state index contributed by atoms with van der Waals surface area (Å²) in [7, 11) is 1.60. The normalized spacial score (nSPS) is 10.0. The van der Waals surface area contributed by atoms with Gasteiger partial charge in [0.1, 0.15) is 10.9 Å². The number of hydrogen-bond donors (Lipinski definition) is 0. The summed E-state index contributed by atoms with van der Waals surface area (Å²) >= 11 is 6.02. The van der Waals surface area contributed by atoms with Gasteiger partial charge in [0.2, 0.25) is 0 Å². The van der Waals surface area contributed by atoms with Crippen LogP contribution in [0.1, 0.15) is 0 Å². The fourth-order valence-corrected chi connectivity index (χ4v) is 1.62. The lowest BCUT2D eigenvalue weighted by Crippen LogP contribution is -1.91. The van der Waals surface area contributed by atoms with Crippen molar-refractivity contribution >= 4 is 11.6 Å². The Balaban J connectivity index is 2.61. The van der Waals surface area contributed by atoms with Gasteiger partial charge in [-0.1, -0.05) is 17.7 Å². The summed E-state index contributed by atoms with van der Waals surface area (Å²) in [6.07, 6.45) is 5.05. The Bertz CT molecular complexity index is 459. The number of methoxy groups -OCH3 is 1. The molecule has 0 spiro atoms. The molecule has 0 saturated heterocycles. The van der Waals surface area contributed by atoms with Crippen LogP contribution in [0.5, 0.6) is 5.75 Å². The minimum absolute atomic E-state index is 0.419. The van der Waals surface area contributed by atoms with E-state index >= 15 is 0 Å². The molecule has 0 unspecified atom stereocenters.